The lowest BCUT2D eigenvalue weighted by Gasteiger charge is -2.17. The Labute approximate surface area is 183 Å². The van der Waals surface area contributed by atoms with Crippen LogP contribution < -0.4 is 10.9 Å². The number of nitrogens with zero attached hydrogens (tertiary/aromatic N) is 1. The Kier molecular flexibility index (Phi) is 6.15. The molecule has 6 N–H and O–H groups in total. The summed E-state index contributed by atoms with van der Waals surface area (Å²) in [6.07, 6.45) is -2.78. The number of aliphatic hydroxyl groups excluding tert-OH is 2. The van der Waals surface area contributed by atoms with Crippen molar-refractivity contribution in [2.75, 3.05) is 6.54 Å². The summed E-state index contributed by atoms with van der Waals surface area (Å²) in [4.78, 5) is 26.3. The van der Waals surface area contributed by atoms with Crippen LogP contribution in [0.3, 0.4) is 0 Å². The molecule has 0 bridgehead atoms. The Morgan fingerprint density at radius 2 is 2.00 bits per heavy atom. The minimum atomic E-state index is -1.57. The molecule has 4 rings (SSSR count). The van der Waals surface area contributed by atoms with Crippen LogP contribution in [0.1, 0.15) is 40.2 Å². The van der Waals surface area contributed by atoms with Gasteiger partial charge in [0, 0.05) is 47.7 Å². The van der Waals surface area contributed by atoms with Gasteiger partial charge in [0.1, 0.15) is 11.9 Å². The SMILES string of the molecule is CCNCc1cc2cc3c(cc2n1C)C(O)C(O)Cc1c-3[nH]c(=O)c(C(=O)O)c1O.Cl. The predicted octanol–water partition coefficient (Wildman–Crippen LogP) is 1.42. The van der Waals surface area contributed by atoms with Crippen LogP contribution in [0.2, 0.25) is 0 Å². The van der Waals surface area contributed by atoms with E-state index < -0.39 is 35.0 Å². The fraction of sp³-hybridized carbons (Fsp3) is 0.333. The maximum Gasteiger partial charge on any atom is 0.345 e. The van der Waals surface area contributed by atoms with Gasteiger partial charge in [-0.3, -0.25) is 4.79 Å². The number of nitrogens with one attached hydrogen (secondary N) is 2. The van der Waals surface area contributed by atoms with Gasteiger partial charge in [0.15, 0.2) is 5.56 Å². The fourth-order valence-electron chi connectivity index (χ4n) is 4.13. The Hall–Kier alpha value is -2.85. The Morgan fingerprint density at radius 1 is 1.29 bits per heavy atom. The first-order chi connectivity index (χ1) is 14.2. The van der Waals surface area contributed by atoms with E-state index in [4.69, 9.17) is 0 Å². The fourth-order valence-corrected chi connectivity index (χ4v) is 4.13. The number of rotatable bonds is 4. The van der Waals surface area contributed by atoms with E-state index in [9.17, 15) is 30.0 Å². The molecule has 2 atom stereocenters. The number of carboxylic acids is 1. The highest BCUT2D eigenvalue weighted by Gasteiger charge is 2.33. The van der Waals surface area contributed by atoms with Gasteiger partial charge in [0.25, 0.3) is 5.56 Å². The summed E-state index contributed by atoms with van der Waals surface area (Å²) < 4.78 is 1.98. The van der Waals surface area contributed by atoms with Gasteiger partial charge >= 0.3 is 5.97 Å². The zero-order valence-electron chi connectivity index (χ0n) is 17.0. The monoisotopic (exact) mass is 449 g/mol. The van der Waals surface area contributed by atoms with E-state index in [1.54, 1.807) is 12.1 Å². The smallest absolute Gasteiger partial charge is 0.345 e. The first kappa shape index (κ1) is 22.8. The number of benzene rings is 1. The maximum absolute atomic E-state index is 12.3. The third kappa shape index (κ3) is 3.59. The predicted molar refractivity (Wildman–Crippen MR) is 117 cm³/mol. The van der Waals surface area contributed by atoms with Gasteiger partial charge in [0.2, 0.25) is 0 Å². The van der Waals surface area contributed by atoms with Crippen LogP contribution in [-0.4, -0.2) is 48.6 Å². The molecule has 2 heterocycles. The van der Waals surface area contributed by atoms with E-state index in [1.807, 2.05) is 24.6 Å². The molecule has 31 heavy (non-hydrogen) atoms. The average molecular weight is 450 g/mol. The zero-order valence-corrected chi connectivity index (χ0v) is 17.8. The highest BCUT2D eigenvalue weighted by Crippen LogP contribution is 2.41. The highest BCUT2D eigenvalue weighted by molar-refractivity contribution is 5.93. The number of hydrogen-bond donors (Lipinski definition) is 6. The molecule has 0 amide bonds. The maximum atomic E-state index is 12.3. The molecule has 9 nitrogen and oxygen atoms in total. The number of fused-ring (bicyclic) bond motifs is 4. The first-order valence-corrected chi connectivity index (χ1v) is 9.65. The van der Waals surface area contributed by atoms with Crippen LogP contribution in [0.5, 0.6) is 5.75 Å². The average Bonchev–Trinajstić information content (AvgIpc) is 2.96. The Morgan fingerprint density at radius 3 is 2.65 bits per heavy atom. The third-order valence-corrected chi connectivity index (χ3v) is 5.74. The number of aromatic hydroxyl groups is 1. The molecule has 1 aliphatic rings. The lowest BCUT2D eigenvalue weighted by molar-refractivity contribution is 0.0201. The molecular weight excluding hydrogens is 426 g/mol. The molecule has 2 aromatic heterocycles. The lowest BCUT2D eigenvalue weighted by Crippen LogP contribution is -2.22. The number of aliphatic hydroxyl groups is 2. The number of aromatic nitrogens is 2. The van der Waals surface area contributed by atoms with Crippen molar-refractivity contribution in [3.8, 4) is 17.0 Å². The normalized spacial score (nSPS) is 17.5. The van der Waals surface area contributed by atoms with Gasteiger partial charge in [-0.15, -0.1) is 12.4 Å². The second-order valence-electron chi connectivity index (χ2n) is 7.53. The molecule has 1 aliphatic carbocycles. The number of halogens is 1. The standard InChI is InChI=1S/C21H23N3O6.ClH/c1-3-22-8-10-4-9-5-11-12(6-14(9)24(10)2)18(26)15(25)7-13-17(11)23-20(28)16(19(13)27)21(29)30;/h4-6,15,18,22,25-26H,3,7-8H2,1-2H3,(H,29,30)(H2,23,27,28);1H. The van der Waals surface area contributed by atoms with Crippen molar-refractivity contribution in [3.63, 3.8) is 0 Å². The first-order valence-electron chi connectivity index (χ1n) is 9.65. The van der Waals surface area contributed by atoms with E-state index in [-0.39, 0.29) is 30.1 Å². The second kappa shape index (κ2) is 8.35. The van der Waals surface area contributed by atoms with E-state index in [2.05, 4.69) is 10.3 Å². The van der Waals surface area contributed by atoms with Crippen molar-refractivity contribution in [1.82, 2.24) is 14.9 Å². The topological polar surface area (TPSA) is 148 Å². The number of aryl methyl sites for hydroxylation is 1. The van der Waals surface area contributed by atoms with E-state index in [0.29, 0.717) is 17.7 Å². The molecule has 0 fully saturated rings. The number of carbonyl (C=O) groups is 1. The van der Waals surface area contributed by atoms with Gasteiger partial charge in [-0.2, -0.15) is 0 Å². The largest absolute Gasteiger partial charge is 0.506 e. The minimum absolute atomic E-state index is 0. The number of aromatic amines is 1. The molecule has 3 aromatic rings. The van der Waals surface area contributed by atoms with Crippen molar-refractivity contribution < 1.29 is 25.2 Å². The molecule has 10 heteroatoms. The molecular formula is C21H24ClN3O6. The highest BCUT2D eigenvalue weighted by atomic mass is 35.5. The minimum Gasteiger partial charge on any atom is -0.506 e. The molecule has 0 saturated heterocycles. The van der Waals surface area contributed by atoms with Crippen LogP contribution >= 0.6 is 12.4 Å². The number of aromatic carboxylic acids is 1. The quantitative estimate of drug-likeness (QED) is 0.353. The number of H-pyrrole nitrogens is 1. The van der Waals surface area contributed by atoms with Gasteiger partial charge < -0.3 is 35.3 Å². The number of hydrogen-bond acceptors (Lipinski definition) is 6. The second-order valence-corrected chi connectivity index (χ2v) is 7.53. The summed E-state index contributed by atoms with van der Waals surface area (Å²) in [5.41, 5.74) is 1.23. The molecule has 1 aromatic carbocycles. The van der Waals surface area contributed by atoms with Crippen molar-refractivity contribution in [3.05, 3.63) is 50.9 Å². The summed E-state index contributed by atoms with van der Waals surface area (Å²) >= 11 is 0. The van der Waals surface area contributed by atoms with Crippen LogP contribution in [-0.2, 0) is 20.0 Å². The summed E-state index contributed by atoms with van der Waals surface area (Å²) in [6.45, 7) is 3.46. The molecule has 0 spiro atoms. The van der Waals surface area contributed by atoms with Crippen molar-refractivity contribution in [1.29, 1.82) is 0 Å². The van der Waals surface area contributed by atoms with Gasteiger partial charge in [-0.05, 0) is 30.3 Å². The third-order valence-electron chi connectivity index (χ3n) is 5.74. The molecule has 0 radical (unpaired) electrons. The summed E-state index contributed by atoms with van der Waals surface area (Å²) in [6, 6.07) is 5.51. The Bertz CT molecular complexity index is 1230. The summed E-state index contributed by atoms with van der Waals surface area (Å²) in [5.74, 6) is -2.26. The van der Waals surface area contributed by atoms with Gasteiger partial charge in [-0.1, -0.05) is 6.92 Å². The summed E-state index contributed by atoms with van der Waals surface area (Å²) in [5, 5.41) is 45.2. The zero-order chi connectivity index (χ0) is 21.7. The molecule has 2 unspecified atom stereocenters. The van der Waals surface area contributed by atoms with Crippen LogP contribution in [0.25, 0.3) is 22.2 Å². The molecule has 166 valence electrons. The lowest BCUT2D eigenvalue weighted by atomic mass is 9.97. The molecule has 0 aliphatic heterocycles. The van der Waals surface area contributed by atoms with E-state index >= 15 is 0 Å². The van der Waals surface area contributed by atoms with Crippen LogP contribution in [0.15, 0.2) is 23.0 Å². The van der Waals surface area contributed by atoms with Gasteiger partial charge in [-0.25, -0.2) is 4.79 Å². The number of pyridine rings is 1. The van der Waals surface area contributed by atoms with Gasteiger partial charge in [0.05, 0.1) is 11.8 Å². The summed E-state index contributed by atoms with van der Waals surface area (Å²) in [7, 11) is 1.90. The van der Waals surface area contributed by atoms with Crippen molar-refractivity contribution in [2.45, 2.75) is 32.1 Å². The van der Waals surface area contributed by atoms with Crippen LogP contribution in [0.4, 0.5) is 0 Å². The Balaban J connectivity index is 0.00000272. The molecule has 0 saturated carbocycles. The number of carboxylic acid groups (broad SMARTS) is 1. The van der Waals surface area contributed by atoms with Crippen LogP contribution in [0, 0.1) is 0 Å². The van der Waals surface area contributed by atoms with Crippen molar-refractivity contribution in [2.24, 2.45) is 7.05 Å². The van der Waals surface area contributed by atoms with E-state index in [1.165, 1.54) is 0 Å². The van der Waals surface area contributed by atoms with E-state index in [0.717, 1.165) is 23.1 Å². The van der Waals surface area contributed by atoms with Crippen molar-refractivity contribution >= 4 is 29.3 Å².